The van der Waals surface area contributed by atoms with E-state index in [4.69, 9.17) is 14.0 Å². The number of carbonyl (C=O) groups excluding carboxylic acids is 1. The number of rotatable bonds is 6. The zero-order valence-electron chi connectivity index (χ0n) is 17.4. The van der Waals surface area contributed by atoms with E-state index in [2.05, 4.69) is 28.7 Å². The molecule has 2 N–H and O–H groups in total. The summed E-state index contributed by atoms with van der Waals surface area (Å²) in [5, 5.41) is 6.69. The van der Waals surface area contributed by atoms with Crippen LogP contribution in [0.3, 0.4) is 0 Å². The largest absolute Gasteiger partial charge is 0.493 e. The average molecular weight is 408 g/mol. The number of anilines is 1. The number of ether oxygens (including phenoxy) is 2. The lowest BCUT2D eigenvalue weighted by molar-refractivity contribution is -0.919. The molecule has 1 unspecified atom stereocenters. The van der Waals surface area contributed by atoms with Crippen LogP contribution < -0.4 is 19.7 Å². The number of fused-ring (bicyclic) bond motifs is 1. The van der Waals surface area contributed by atoms with Gasteiger partial charge < -0.3 is 24.2 Å². The molecule has 0 saturated carbocycles. The van der Waals surface area contributed by atoms with E-state index in [0.29, 0.717) is 23.9 Å². The number of amides is 1. The molecule has 0 spiro atoms. The third-order valence-electron chi connectivity index (χ3n) is 5.50. The number of quaternary nitrogens is 1. The zero-order valence-corrected chi connectivity index (χ0v) is 17.4. The molecule has 4 rings (SSSR count). The molecule has 2 aromatic carbocycles. The molecular weight excluding hydrogens is 382 g/mol. The third-order valence-corrected chi connectivity index (χ3v) is 5.50. The van der Waals surface area contributed by atoms with Crippen LogP contribution >= 0.6 is 0 Å². The van der Waals surface area contributed by atoms with Gasteiger partial charge in [-0.25, -0.2) is 0 Å². The van der Waals surface area contributed by atoms with E-state index in [-0.39, 0.29) is 11.9 Å². The van der Waals surface area contributed by atoms with Crippen molar-refractivity contribution in [2.75, 3.05) is 32.6 Å². The Labute approximate surface area is 175 Å². The number of carbonyl (C=O) groups is 1. The Morgan fingerprint density at radius 1 is 1.17 bits per heavy atom. The number of aryl methyl sites for hydroxylation is 1. The maximum atomic E-state index is 12.7. The van der Waals surface area contributed by atoms with Crippen molar-refractivity contribution in [3.8, 4) is 11.5 Å². The van der Waals surface area contributed by atoms with Gasteiger partial charge in [-0.05, 0) is 24.6 Å². The Morgan fingerprint density at radius 3 is 2.57 bits per heavy atom. The van der Waals surface area contributed by atoms with Gasteiger partial charge in [-0.15, -0.1) is 0 Å². The van der Waals surface area contributed by atoms with Gasteiger partial charge in [0.25, 0.3) is 5.91 Å². The predicted octanol–water partition coefficient (Wildman–Crippen LogP) is 2.17. The van der Waals surface area contributed by atoms with E-state index in [1.54, 1.807) is 27.2 Å². The molecule has 1 amide bonds. The smallest absolute Gasteiger partial charge is 0.280 e. The molecule has 1 aliphatic heterocycles. The molecule has 156 valence electrons. The Hall–Kier alpha value is -3.32. The summed E-state index contributed by atoms with van der Waals surface area (Å²) in [7, 11) is 3.29. The topological polar surface area (TPSA) is 78.0 Å². The van der Waals surface area contributed by atoms with Gasteiger partial charge in [0.1, 0.15) is 11.8 Å². The lowest BCUT2D eigenvalue weighted by Crippen LogP contribution is -3.14. The monoisotopic (exact) mass is 408 g/mol. The highest BCUT2D eigenvalue weighted by Gasteiger charge is 2.35. The fraction of sp³-hybridized carbons (Fsp3) is 0.304. The molecule has 2 heterocycles. The fourth-order valence-electron chi connectivity index (χ4n) is 4.15. The number of benzene rings is 2. The summed E-state index contributed by atoms with van der Waals surface area (Å²) < 4.78 is 16.1. The summed E-state index contributed by atoms with van der Waals surface area (Å²) in [6.07, 6.45) is 0.852. The van der Waals surface area contributed by atoms with Crippen molar-refractivity contribution >= 4 is 11.7 Å². The fourth-order valence-corrected chi connectivity index (χ4v) is 4.15. The summed E-state index contributed by atoms with van der Waals surface area (Å²) in [4.78, 5) is 13.9. The SMILES string of the molecule is COc1cc2c(cc1OC)[C@@H](c1ccccc1)[NH+](CC(=O)Nc1cc(C)on1)CC2. The molecule has 1 aromatic heterocycles. The van der Waals surface area contributed by atoms with Crippen LogP contribution in [0, 0.1) is 6.92 Å². The van der Waals surface area contributed by atoms with E-state index >= 15 is 0 Å². The molecule has 0 fully saturated rings. The molecule has 1 aliphatic rings. The van der Waals surface area contributed by atoms with Crippen molar-refractivity contribution in [2.24, 2.45) is 0 Å². The normalized spacial score (nSPS) is 17.8. The summed E-state index contributed by atoms with van der Waals surface area (Å²) in [6.45, 7) is 2.94. The summed E-state index contributed by atoms with van der Waals surface area (Å²) in [5.41, 5.74) is 3.54. The van der Waals surface area contributed by atoms with Crippen LogP contribution in [0.2, 0.25) is 0 Å². The first-order valence-electron chi connectivity index (χ1n) is 9.96. The first kappa shape index (κ1) is 20.0. The van der Waals surface area contributed by atoms with Gasteiger partial charge in [-0.1, -0.05) is 35.5 Å². The minimum absolute atomic E-state index is 0.0135. The number of nitrogens with one attached hydrogen (secondary N) is 2. The number of hydrogen-bond acceptors (Lipinski definition) is 5. The van der Waals surface area contributed by atoms with Crippen molar-refractivity contribution in [3.05, 3.63) is 71.0 Å². The van der Waals surface area contributed by atoms with Crippen LogP contribution in [0.4, 0.5) is 5.82 Å². The summed E-state index contributed by atoms with van der Waals surface area (Å²) in [5.74, 6) is 2.43. The van der Waals surface area contributed by atoms with Crippen LogP contribution in [0.15, 0.2) is 53.1 Å². The Morgan fingerprint density at radius 2 is 1.90 bits per heavy atom. The van der Waals surface area contributed by atoms with Gasteiger partial charge >= 0.3 is 0 Å². The first-order valence-corrected chi connectivity index (χ1v) is 9.96. The van der Waals surface area contributed by atoms with Crippen LogP contribution in [-0.4, -0.2) is 38.4 Å². The predicted molar refractivity (Wildman–Crippen MR) is 112 cm³/mol. The van der Waals surface area contributed by atoms with Gasteiger partial charge in [0, 0.05) is 23.6 Å². The maximum Gasteiger partial charge on any atom is 0.280 e. The minimum Gasteiger partial charge on any atom is -0.493 e. The minimum atomic E-state index is -0.0943. The second-order valence-corrected chi connectivity index (χ2v) is 7.46. The Kier molecular flexibility index (Phi) is 5.72. The standard InChI is InChI=1S/C23H25N3O4/c1-15-11-21(25-30-15)24-22(27)14-26-10-9-17-12-19(28-2)20(29-3)13-18(17)23(26)16-7-5-4-6-8-16/h4-8,11-13,23H,9-10,14H2,1-3H3,(H,24,25,27)/p+1/t23-/m1/s1. The molecule has 0 bridgehead atoms. The summed E-state index contributed by atoms with van der Waals surface area (Å²) >= 11 is 0. The highest BCUT2D eigenvalue weighted by Crippen LogP contribution is 2.36. The number of nitrogens with zero attached hydrogens (tertiary/aromatic N) is 1. The van der Waals surface area contributed by atoms with Gasteiger partial charge in [0.2, 0.25) is 0 Å². The van der Waals surface area contributed by atoms with E-state index in [9.17, 15) is 4.79 Å². The molecule has 0 aliphatic carbocycles. The van der Waals surface area contributed by atoms with Crippen molar-refractivity contribution < 1.29 is 23.7 Å². The van der Waals surface area contributed by atoms with Crippen molar-refractivity contribution in [1.82, 2.24) is 5.16 Å². The van der Waals surface area contributed by atoms with E-state index in [1.165, 1.54) is 10.5 Å². The van der Waals surface area contributed by atoms with Gasteiger partial charge in [-0.3, -0.25) is 4.79 Å². The highest BCUT2D eigenvalue weighted by atomic mass is 16.5. The molecule has 7 nitrogen and oxygen atoms in total. The van der Waals surface area contributed by atoms with Crippen LogP contribution in [-0.2, 0) is 11.2 Å². The molecule has 3 aromatic rings. The zero-order chi connectivity index (χ0) is 21.1. The van der Waals surface area contributed by atoms with Crippen molar-refractivity contribution in [2.45, 2.75) is 19.4 Å². The highest BCUT2D eigenvalue weighted by molar-refractivity contribution is 5.90. The quantitative estimate of drug-likeness (QED) is 0.654. The van der Waals surface area contributed by atoms with E-state index < -0.39 is 0 Å². The van der Waals surface area contributed by atoms with Crippen LogP contribution in [0.25, 0.3) is 0 Å². The lowest BCUT2D eigenvalue weighted by atomic mass is 9.87. The van der Waals surface area contributed by atoms with E-state index in [1.807, 2.05) is 24.3 Å². The van der Waals surface area contributed by atoms with Gasteiger partial charge in [0.05, 0.1) is 20.8 Å². The van der Waals surface area contributed by atoms with Crippen LogP contribution in [0.1, 0.15) is 28.5 Å². The third kappa shape index (κ3) is 4.02. The van der Waals surface area contributed by atoms with Crippen molar-refractivity contribution in [3.63, 3.8) is 0 Å². The van der Waals surface area contributed by atoms with E-state index in [0.717, 1.165) is 29.8 Å². The number of methoxy groups -OCH3 is 2. The van der Waals surface area contributed by atoms with Crippen molar-refractivity contribution in [1.29, 1.82) is 0 Å². The first-order chi connectivity index (χ1) is 14.6. The molecule has 7 heteroatoms. The van der Waals surface area contributed by atoms with Gasteiger partial charge in [-0.2, -0.15) is 0 Å². The second-order valence-electron chi connectivity index (χ2n) is 7.46. The molecule has 0 radical (unpaired) electrons. The Balaban J connectivity index is 1.66. The maximum absolute atomic E-state index is 12.7. The molecular formula is C23H26N3O4+. The molecule has 30 heavy (non-hydrogen) atoms. The number of hydrogen-bond donors (Lipinski definition) is 2. The average Bonchev–Trinajstić information content (AvgIpc) is 3.17. The van der Waals surface area contributed by atoms with Crippen LogP contribution in [0.5, 0.6) is 11.5 Å². The Bertz CT molecular complexity index is 1030. The van der Waals surface area contributed by atoms with Gasteiger partial charge in [0.15, 0.2) is 23.9 Å². The number of aromatic nitrogens is 1. The summed E-state index contributed by atoms with van der Waals surface area (Å²) in [6, 6.07) is 16.1. The second kappa shape index (κ2) is 8.59. The molecule has 2 atom stereocenters. The molecule has 0 saturated heterocycles. The lowest BCUT2D eigenvalue weighted by Gasteiger charge is -2.34.